The summed E-state index contributed by atoms with van der Waals surface area (Å²) in [5.41, 5.74) is 0.489. The highest BCUT2D eigenvalue weighted by atomic mass is 16.5. The molecular weight excluding hydrogens is 232 g/mol. The largest absolute Gasteiger partial charge is 0.496 e. The van der Waals surface area contributed by atoms with Gasteiger partial charge in [0.25, 0.3) is 0 Å². The highest BCUT2D eigenvalue weighted by Crippen LogP contribution is 2.29. The van der Waals surface area contributed by atoms with Gasteiger partial charge in [-0.25, -0.2) is 0 Å². The average molecular weight is 252 g/mol. The second kappa shape index (κ2) is 7.71. The van der Waals surface area contributed by atoms with Crippen LogP contribution in [0, 0.1) is 0 Å². The van der Waals surface area contributed by atoms with Crippen LogP contribution in [0.1, 0.15) is 30.1 Å². The molecule has 0 aliphatic carbocycles. The van der Waals surface area contributed by atoms with E-state index in [1.54, 1.807) is 32.4 Å². The molecule has 0 heterocycles. The van der Waals surface area contributed by atoms with Gasteiger partial charge in [-0.2, -0.15) is 0 Å². The van der Waals surface area contributed by atoms with Crippen molar-refractivity contribution in [2.24, 2.45) is 0 Å². The third-order valence-electron chi connectivity index (χ3n) is 2.53. The van der Waals surface area contributed by atoms with Gasteiger partial charge < -0.3 is 14.2 Å². The van der Waals surface area contributed by atoms with Crippen molar-refractivity contribution < 1.29 is 19.0 Å². The first-order chi connectivity index (χ1) is 8.74. The molecule has 0 unspecified atom stereocenters. The molecule has 0 aliphatic rings. The molecule has 1 rings (SSSR count). The van der Waals surface area contributed by atoms with Gasteiger partial charge in [-0.3, -0.25) is 4.79 Å². The number of methoxy groups -OCH3 is 2. The van der Waals surface area contributed by atoms with Crippen LogP contribution in [0.5, 0.6) is 11.5 Å². The number of carbonyl (C=O) groups is 1. The summed E-state index contributed by atoms with van der Waals surface area (Å²) in [5, 5.41) is 0. The van der Waals surface area contributed by atoms with Crippen LogP contribution < -0.4 is 9.47 Å². The third-order valence-corrected chi connectivity index (χ3v) is 2.53. The molecule has 0 radical (unpaired) electrons. The number of hydrogen-bond acceptors (Lipinski definition) is 4. The van der Waals surface area contributed by atoms with Gasteiger partial charge in [0.1, 0.15) is 17.1 Å². The van der Waals surface area contributed by atoms with E-state index in [4.69, 9.17) is 14.2 Å². The molecule has 0 spiro atoms. The van der Waals surface area contributed by atoms with Crippen LogP contribution in [0.15, 0.2) is 18.2 Å². The van der Waals surface area contributed by atoms with Crippen LogP contribution in [0.25, 0.3) is 0 Å². The summed E-state index contributed by atoms with van der Waals surface area (Å²) in [5.74, 6) is 1.05. The smallest absolute Gasteiger partial charge is 0.172 e. The molecule has 0 saturated carbocycles. The Kier molecular flexibility index (Phi) is 6.22. The Morgan fingerprint density at radius 1 is 1.11 bits per heavy atom. The molecule has 0 aromatic heterocycles. The van der Waals surface area contributed by atoms with E-state index in [1.807, 2.05) is 6.92 Å². The predicted molar refractivity (Wildman–Crippen MR) is 69.6 cm³/mol. The highest BCUT2D eigenvalue weighted by molar-refractivity contribution is 6.01. The fourth-order valence-electron chi connectivity index (χ4n) is 1.66. The summed E-state index contributed by atoms with van der Waals surface area (Å²) in [6.07, 6.45) is 1.28. The highest BCUT2D eigenvalue weighted by Gasteiger charge is 2.17. The Hall–Kier alpha value is -1.55. The van der Waals surface area contributed by atoms with Gasteiger partial charge in [0.05, 0.1) is 20.8 Å². The maximum atomic E-state index is 12.1. The lowest BCUT2D eigenvalue weighted by molar-refractivity contribution is 0.0873. The van der Waals surface area contributed by atoms with Gasteiger partial charge in [0, 0.05) is 13.0 Å². The Labute approximate surface area is 108 Å². The lowest BCUT2D eigenvalue weighted by Crippen LogP contribution is -2.08. The fraction of sp³-hybridized carbons (Fsp3) is 0.500. The lowest BCUT2D eigenvalue weighted by Gasteiger charge is -2.11. The van der Waals surface area contributed by atoms with Crippen molar-refractivity contribution in [2.75, 3.05) is 27.4 Å². The lowest BCUT2D eigenvalue weighted by atomic mass is 10.1. The average Bonchev–Trinajstić information content (AvgIpc) is 2.42. The molecule has 4 nitrogen and oxygen atoms in total. The molecule has 0 atom stereocenters. The van der Waals surface area contributed by atoms with Crippen LogP contribution in [0.4, 0.5) is 0 Å². The minimum Gasteiger partial charge on any atom is -0.496 e. The fourth-order valence-corrected chi connectivity index (χ4v) is 1.66. The first kappa shape index (κ1) is 14.5. The van der Waals surface area contributed by atoms with Crippen molar-refractivity contribution in [3.8, 4) is 11.5 Å². The van der Waals surface area contributed by atoms with Crippen LogP contribution >= 0.6 is 0 Å². The first-order valence-corrected chi connectivity index (χ1v) is 6.06. The molecule has 0 aliphatic heterocycles. The van der Waals surface area contributed by atoms with Crippen molar-refractivity contribution in [3.05, 3.63) is 23.8 Å². The summed E-state index contributed by atoms with van der Waals surface area (Å²) in [6, 6.07) is 5.30. The predicted octanol–water partition coefficient (Wildman–Crippen LogP) is 2.70. The maximum absolute atomic E-state index is 12.1. The van der Waals surface area contributed by atoms with Crippen LogP contribution in [0.2, 0.25) is 0 Å². The zero-order valence-corrected chi connectivity index (χ0v) is 11.2. The Morgan fingerprint density at radius 3 is 2.22 bits per heavy atom. The summed E-state index contributed by atoms with van der Waals surface area (Å²) in [4.78, 5) is 12.1. The molecule has 0 saturated heterocycles. The van der Waals surface area contributed by atoms with Crippen LogP contribution in [-0.2, 0) is 4.74 Å². The van der Waals surface area contributed by atoms with E-state index >= 15 is 0 Å². The first-order valence-electron chi connectivity index (χ1n) is 6.06. The summed E-state index contributed by atoms with van der Waals surface area (Å²) >= 11 is 0. The Balaban J connectivity index is 2.76. The van der Waals surface area contributed by atoms with Crippen molar-refractivity contribution in [3.63, 3.8) is 0 Å². The molecule has 4 heteroatoms. The monoisotopic (exact) mass is 252 g/mol. The molecular formula is C14H20O4. The summed E-state index contributed by atoms with van der Waals surface area (Å²) in [6.45, 7) is 3.13. The second-order valence-electron chi connectivity index (χ2n) is 3.82. The van der Waals surface area contributed by atoms with Crippen molar-refractivity contribution >= 4 is 5.78 Å². The van der Waals surface area contributed by atoms with Gasteiger partial charge in [-0.15, -0.1) is 0 Å². The van der Waals surface area contributed by atoms with Crippen LogP contribution in [0.3, 0.4) is 0 Å². The number of Topliss-reactive ketones (excluding diaryl/α,β-unsaturated/α-hetero) is 1. The van der Waals surface area contributed by atoms with E-state index in [0.717, 1.165) is 6.42 Å². The van der Waals surface area contributed by atoms with Gasteiger partial charge >= 0.3 is 0 Å². The molecule has 0 fully saturated rings. The molecule has 1 aromatic rings. The van der Waals surface area contributed by atoms with Crippen molar-refractivity contribution in [1.29, 1.82) is 0 Å². The van der Waals surface area contributed by atoms with Gasteiger partial charge in [0.2, 0.25) is 0 Å². The van der Waals surface area contributed by atoms with E-state index in [0.29, 0.717) is 36.7 Å². The topological polar surface area (TPSA) is 44.8 Å². The summed E-state index contributed by atoms with van der Waals surface area (Å²) in [7, 11) is 3.08. The van der Waals surface area contributed by atoms with Gasteiger partial charge in [-0.05, 0) is 18.6 Å². The van der Waals surface area contributed by atoms with E-state index < -0.39 is 0 Å². The van der Waals surface area contributed by atoms with E-state index in [1.165, 1.54) is 0 Å². The standard InChI is InChI=1S/C14H20O4/c1-4-9-18-10-8-11(15)14-12(16-2)6-5-7-13(14)17-3/h5-7H,4,8-10H2,1-3H3. The number of benzene rings is 1. The molecule has 1 aromatic carbocycles. The van der Waals surface area contributed by atoms with E-state index in [-0.39, 0.29) is 5.78 Å². The quantitative estimate of drug-likeness (QED) is 0.527. The van der Waals surface area contributed by atoms with Crippen LogP contribution in [-0.4, -0.2) is 33.2 Å². The van der Waals surface area contributed by atoms with Gasteiger partial charge in [0.15, 0.2) is 5.78 Å². The van der Waals surface area contributed by atoms with Crippen molar-refractivity contribution in [1.82, 2.24) is 0 Å². The Bertz CT molecular complexity index is 365. The van der Waals surface area contributed by atoms with Crippen molar-refractivity contribution in [2.45, 2.75) is 19.8 Å². The number of hydrogen-bond donors (Lipinski definition) is 0. The molecule has 18 heavy (non-hydrogen) atoms. The number of ketones is 1. The maximum Gasteiger partial charge on any atom is 0.172 e. The normalized spacial score (nSPS) is 10.2. The number of ether oxygens (including phenoxy) is 3. The number of carbonyl (C=O) groups excluding carboxylic acids is 1. The Morgan fingerprint density at radius 2 is 1.72 bits per heavy atom. The molecule has 0 N–H and O–H groups in total. The van der Waals surface area contributed by atoms with Gasteiger partial charge in [-0.1, -0.05) is 13.0 Å². The zero-order chi connectivity index (χ0) is 13.4. The SMILES string of the molecule is CCCOCCC(=O)c1c(OC)cccc1OC. The number of rotatable bonds is 8. The molecule has 0 amide bonds. The minimum absolute atomic E-state index is 0.0274. The zero-order valence-electron chi connectivity index (χ0n) is 11.2. The second-order valence-corrected chi connectivity index (χ2v) is 3.82. The molecule has 100 valence electrons. The van der Waals surface area contributed by atoms with E-state index in [9.17, 15) is 4.79 Å². The third kappa shape index (κ3) is 3.74. The molecule has 0 bridgehead atoms. The summed E-state index contributed by atoms with van der Waals surface area (Å²) < 4.78 is 15.7. The minimum atomic E-state index is -0.0274. The van der Waals surface area contributed by atoms with E-state index in [2.05, 4.69) is 0 Å².